The first kappa shape index (κ1) is 10.9. The lowest BCUT2D eigenvalue weighted by Crippen LogP contribution is -2.11. The quantitative estimate of drug-likeness (QED) is 0.603. The topological polar surface area (TPSA) is 89.4 Å². The minimum Gasteiger partial charge on any atom is -0.502 e. The molecule has 0 saturated heterocycles. The van der Waals surface area contributed by atoms with E-state index in [1.165, 1.54) is 25.0 Å². The van der Waals surface area contributed by atoms with Crippen molar-refractivity contribution in [3.05, 3.63) is 33.9 Å². The highest BCUT2D eigenvalue weighted by molar-refractivity contribution is 5.48. The van der Waals surface area contributed by atoms with Gasteiger partial charge in [0.1, 0.15) is 0 Å². The first-order chi connectivity index (χ1) is 7.58. The zero-order chi connectivity index (χ0) is 11.7. The molecule has 1 fully saturated rings. The van der Waals surface area contributed by atoms with Gasteiger partial charge in [-0.25, -0.2) is 0 Å². The van der Waals surface area contributed by atoms with Crippen LogP contribution in [0.4, 0.5) is 5.69 Å². The standard InChI is InChI=1S/C11H14N2O3/c12-9(5-7-1-2-7)8-3-4-11(14)10(6-8)13(15)16/h3-4,6-7,9,14H,1-2,5,12H2/t9-/m0/s1. The number of nitro groups is 1. The van der Waals surface area contributed by atoms with Gasteiger partial charge in [0.2, 0.25) is 0 Å². The summed E-state index contributed by atoms with van der Waals surface area (Å²) in [6.45, 7) is 0. The second-order valence-electron chi connectivity index (χ2n) is 4.29. The van der Waals surface area contributed by atoms with Crippen LogP contribution < -0.4 is 5.73 Å². The van der Waals surface area contributed by atoms with Crippen molar-refractivity contribution in [1.29, 1.82) is 0 Å². The Morgan fingerprint density at radius 1 is 1.56 bits per heavy atom. The fraction of sp³-hybridized carbons (Fsp3) is 0.455. The van der Waals surface area contributed by atoms with Gasteiger partial charge >= 0.3 is 5.69 Å². The molecule has 2 rings (SSSR count). The molecule has 0 heterocycles. The Kier molecular flexibility index (Phi) is 2.78. The number of hydrogen-bond acceptors (Lipinski definition) is 4. The Morgan fingerprint density at radius 3 is 2.81 bits per heavy atom. The molecule has 1 aromatic rings. The van der Waals surface area contributed by atoms with Crippen LogP contribution in [0.2, 0.25) is 0 Å². The Bertz CT molecular complexity index is 416. The van der Waals surface area contributed by atoms with E-state index in [4.69, 9.17) is 5.73 Å². The third kappa shape index (κ3) is 2.30. The molecule has 0 aliphatic heterocycles. The second-order valence-corrected chi connectivity index (χ2v) is 4.29. The molecule has 0 radical (unpaired) electrons. The first-order valence-electron chi connectivity index (χ1n) is 5.31. The molecule has 1 aliphatic rings. The normalized spacial score (nSPS) is 17.1. The number of nitrogens with two attached hydrogens (primary N) is 1. The summed E-state index contributed by atoms with van der Waals surface area (Å²) in [6.07, 6.45) is 3.27. The van der Waals surface area contributed by atoms with Gasteiger partial charge in [0.15, 0.2) is 5.75 Å². The van der Waals surface area contributed by atoms with Gasteiger partial charge in [-0.2, -0.15) is 0 Å². The monoisotopic (exact) mass is 222 g/mol. The molecule has 0 unspecified atom stereocenters. The van der Waals surface area contributed by atoms with Crippen molar-refractivity contribution in [3.8, 4) is 5.75 Å². The van der Waals surface area contributed by atoms with Crippen LogP contribution in [0.25, 0.3) is 0 Å². The van der Waals surface area contributed by atoms with Crippen LogP contribution in [-0.2, 0) is 0 Å². The average Bonchev–Trinajstić information content (AvgIpc) is 3.01. The summed E-state index contributed by atoms with van der Waals surface area (Å²) in [6, 6.07) is 4.17. The van der Waals surface area contributed by atoms with Crippen molar-refractivity contribution in [1.82, 2.24) is 0 Å². The first-order valence-corrected chi connectivity index (χ1v) is 5.31. The van der Waals surface area contributed by atoms with Crippen LogP contribution in [0, 0.1) is 16.0 Å². The molecule has 1 saturated carbocycles. The van der Waals surface area contributed by atoms with Crippen LogP contribution in [-0.4, -0.2) is 10.0 Å². The molecule has 1 aromatic carbocycles. The van der Waals surface area contributed by atoms with E-state index in [0.717, 1.165) is 12.0 Å². The number of benzene rings is 1. The molecule has 3 N–H and O–H groups in total. The maximum absolute atomic E-state index is 10.6. The van der Waals surface area contributed by atoms with Crippen LogP contribution in [0.5, 0.6) is 5.75 Å². The van der Waals surface area contributed by atoms with E-state index in [0.29, 0.717) is 5.92 Å². The summed E-state index contributed by atoms with van der Waals surface area (Å²) >= 11 is 0. The summed E-state index contributed by atoms with van der Waals surface area (Å²) in [4.78, 5) is 10.0. The lowest BCUT2D eigenvalue weighted by atomic mass is 10.0. The summed E-state index contributed by atoms with van der Waals surface area (Å²) in [5.74, 6) is 0.357. The van der Waals surface area contributed by atoms with Gasteiger partial charge in [0.05, 0.1) is 4.92 Å². The molecule has 0 amide bonds. The Morgan fingerprint density at radius 2 is 2.25 bits per heavy atom. The predicted molar refractivity (Wildman–Crippen MR) is 59.0 cm³/mol. The number of nitro benzene ring substituents is 1. The molecular weight excluding hydrogens is 208 g/mol. The largest absolute Gasteiger partial charge is 0.502 e. The third-order valence-electron chi connectivity index (χ3n) is 2.91. The fourth-order valence-electron chi connectivity index (χ4n) is 1.77. The van der Waals surface area contributed by atoms with E-state index in [-0.39, 0.29) is 17.5 Å². The molecule has 0 spiro atoms. The van der Waals surface area contributed by atoms with Crippen LogP contribution in [0.15, 0.2) is 18.2 Å². The Labute approximate surface area is 93.0 Å². The molecular formula is C11H14N2O3. The molecule has 86 valence electrons. The van der Waals surface area contributed by atoms with Crippen molar-refractivity contribution in [2.45, 2.75) is 25.3 Å². The number of nitrogens with zero attached hydrogens (tertiary/aromatic N) is 1. The van der Waals surface area contributed by atoms with Crippen molar-refractivity contribution < 1.29 is 10.0 Å². The molecule has 1 aliphatic carbocycles. The number of aromatic hydroxyl groups is 1. The van der Waals surface area contributed by atoms with Crippen molar-refractivity contribution >= 4 is 5.69 Å². The summed E-state index contributed by atoms with van der Waals surface area (Å²) < 4.78 is 0. The smallest absolute Gasteiger partial charge is 0.311 e. The zero-order valence-electron chi connectivity index (χ0n) is 8.80. The van der Waals surface area contributed by atoms with E-state index in [2.05, 4.69) is 0 Å². The highest BCUT2D eigenvalue weighted by Crippen LogP contribution is 2.38. The predicted octanol–water partition coefficient (Wildman–Crippen LogP) is 2.10. The third-order valence-corrected chi connectivity index (χ3v) is 2.91. The molecule has 0 aromatic heterocycles. The lowest BCUT2D eigenvalue weighted by Gasteiger charge is -2.11. The number of phenolic OH excluding ortho intramolecular Hbond substituents is 1. The zero-order valence-corrected chi connectivity index (χ0v) is 8.80. The highest BCUT2D eigenvalue weighted by Gasteiger charge is 2.25. The van der Waals surface area contributed by atoms with Gasteiger partial charge in [0, 0.05) is 12.1 Å². The van der Waals surface area contributed by atoms with Gasteiger partial charge < -0.3 is 10.8 Å². The molecule has 16 heavy (non-hydrogen) atoms. The SMILES string of the molecule is N[C@@H](CC1CC1)c1ccc(O)c([N+](=O)[O-])c1. The van der Waals surface area contributed by atoms with Gasteiger partial charge in [-0.3, -0.25) is 10.1 Å². The van der Waals surface area contributed by atoms with Gasteiger partial charge in [-0.05, 0) is 24.0 Å². The van der Waals surface area contributed by atoms with Crippen LogP contribution >= 0.6 is 0 Å². The van der Waals surface area contributed by atoms with Crippen molar-refractivity contribution in [2.24, 2.45) is 11.7 Å². The van der Waals surface area contributed by atoms with Crippen LogP contribution in [0.3, 0.4) is 0 Å². The van der Waals surface area contributed by atoms with E-state index in [1.54, 1.807) is 6.07 Å². The lowest BCUT2D eigenvalue weighted by molar-refractivity contribution is -0.385. The van der Waals surface area contributed by atoms with Crippen molar-refractivity contribution in [3.63, 3.8) is 0 Å². The molecule has 5 nitrogen and oxygen atoms in total. The van der Waals surface area contributed by atoms with E-state index in [1.807, 2.05) is 0 Å². The second kappa shape index (κ2) is 4.09. The number of rotatable bonds is 4. The minimum atomic E-state index is -0.595. The fourth-order valence-corrected chi connectivity index (χ4v) is 1.77. The van der Waals surface area contributed by atoms with Gasteiger partial charge in [-0.15, -0.1) is 0 Å². The molecule has 1 atom stereocenters. The van der Waals surface area contributed by atoms with Crippen LogP contribution in [0.1, 0.15) is 30.9 Å². The van der Waals surface area contributed by atoms with Gasteiger partial charge in [0.25, 0.3) is 0 Å². The van der Waals surface area contributed by atoms with E-state index >= 15 is 0 Å². The maximum Gasteiger partial charge on any atom is 0.311 e. The van der Waals surface area contributed by atoms with E-state index < -0.39 is 4.92 Å². The molecule has 0 bridgehead atoms. The number of hydrogen-bond donors (Lipinski definition) is 2. The minimum absolute atomic E-state index is 0.174. The summed E-state index contributed by atoms with van der Waals surface area (Å²) in [5.41, 5.74) is 6.40. The average molecular weight is 222 g/mol. The van der Waals surface area contributed by atoms with E-state index in [9.17, 15) is 15.2 Å². The Balaban J connectivity index is 2.20. The molecule has 5 heteroatoms. The highest BCUT2D eigenvalue weighted by atomic mass is 16.6. The summed E-state index contributed by atoms with van der Waals surface area (Å²) in [5, 5.41) is 19.9. The maximum atomic E-state index is 10.6. The van der Waals surface area contributed by atoms with Crippen molar-refractivity contribution in [2.75, 3.05) is 0 Å². The van der Waals surface area contributed by atoms with Gasteiger partial charge in [-0.1, -0.05) is 18.9 Å². The Hall–Kier alpha value is -1.62. The number of phenols is 1. The summed E-state index contributed by atoms with van der Waals surface area (Å²) in [7, 11) is 0.